The molecule has 0 aliphatic carbocycles. The molecule has 0 heterocycles. The Morgan fingerprint density at radius 3 is 2.00 bits per heavy atom. The van der Waals surface area contributed by atoms with E-state index >= 15 is 0 Å². The smallest absolute Gasteiger partial charge is 0.119 e. The van der Waals surface area contributed by atoms with Gasteiger partial charge in [0.25, 0.3) is 0 Å². The average Bonchev–Trinajstić information content (AvgIpc) is 2.51. The van der Waals surface area contributed by atoms with Crippen molar-refractivity contribution in [3.63, 3.8) is 0 Å². The minimum Gasteiger partial charge on any atom is -0.492 e. The molecule has 1 aromatic rings. The summed E-state index contributed by atoms with van der Waals surface area (Å²) in [5, 5.41) is 3.13. The Kier molecular flexibility index (Phi) is 9.82. The minimum atomic E-state index is 0.665. The van der Waals surface area contributed by atoms with Crippen LogP contribution in [0.1, 0.15) is 5.56 Å². The summed E-state index contributed by atoms with van der Waals surface area (Å²) >= 11 is 0. The Morgan fingerprint density at radius 2 is 1.48 bits per heavy atom. The predicted octanol–water partition coefficient (Wildman–Crippen LogP) is 1.38. The number of hydrogen-bond donors (Lipinski definition) is 1. The van der Waals surface area contributed by atoms with E-state index < -0.39 is 0 Å². The lowest BCUT2D eigenvalue weighted by Crippen LogP contribution is -2.34. The third kappa shape index (κ3) is 8.02. The molecule has 0 unspecified atom stereocenters. The number of benzene rings is 1. The summed E-state index contributed by atoms with van der Waals surface area (Å²) in [5.74, 6) is 0.910. The minimum absolute atomic E-state index is 0.665. The van der Waals surface area contributed by atoms with E-state index in [1.165, 1.54) is 5.56 Å². The van der Waals surface area contributed by atoms with Crippen LogP contribution in [0.25, 0.3) is 0 Å². The van der Waals surface area contributed by atoms with Crippen molar-refractivity contribution in [2.24, 2.45) is 0 Å². The molecule has 0 radical (unpaired) electrons. The lowest BCUT2D eigenvalue weighted by molar-refractivity contribution is 0.104. The van der Waals surface area contributed by atoms with Gasteiger partial charge in [0.1, 0.15) is 12.4 Å². The first-order valence-corrected chi connectivity index (χ1v) is 7.36. The second kappa shape index (κ2) is 11.5. The molecule has 0 saturated carbocycles. The van der Waals surface area contributed by atoms with Gasteiger partial charge in [0, 0.05) is 40.4 Å². The van der Waals surface area contributed by atoms with Crippen molar-refractivity contribution in [2.45, 2.75) is 6.54 Å². The van der Waals surface area contributed by atoms with Gasteiger partial charge in [-0.1, -0.05) is 12.1 Å². The van der Waals surface area contributed by atoms with Crippen LogP contribution < -0.4 is 10.1 Å². The standard InChI is InChI=1S/C16H28N2O3/c1-17-14-15-4-6-16(7-5-15)21-13-10-18(8-11-19-2)9-12-20-3/h4-7,17H,8-14H2,1-3H3. The largest absolute Gasteiger partial charge is 0.492 e. The van der Waals surface area contributed by atoms with Crippen LogP contribution in [0.15, 0.2) is 24.3 Å². The molecular weight excluding hydrogens is 268 g/mol. The monoisotopic (exact) mass is 296 g/mol. The van der Waals surface area contributed by atoms with Crippen molar-refractivity contribution >= 4 is 0 Å². The fraction of sp³-hybridized carbons (Fsp3) is 0.625. The number of hydrogen-bond acceptors (Lipinski definition) is 5. The van der Waals surface area contributed by atoms with Gasteiger partial charge in [-0.2, -0.15) is 0 Å². The van der Waals surface area contributed by atoms with E-state index in [-0.39, 0.29) is 0 Å². The van der Waals surface area contributed by atoms with Gasteiger partial charge in [0.2, 0.25) is 0 Å². The number of methoxy groups -OCH3 is 2. The summed E-state index contributed by atoms with van der Waals surface area (Å²) in [6.07, 6.45) is 0. The molecule has 5 nitrogen and oxygen atoms in total. The Bertz CT molecular complexity index is 349. The molecule has 0 aliphatic heterocycles. The zero-order chi connectivity index (χ0) is 15.3. The van der Waals surface area contributed by atoms with Crippen LogP contribution in [0.2, 0.25) is 0 Å². The van der Waals surface area contributed by atoms with E-state index in [1.807, 2.05) is 19.2 Å². The fourth-order valence-electron chi connectivity index (χ4n) is 1.98. The van der Waals surface area contributed by atoms with Crippen LogP contribution in [-0.4, -0.2) is 65.6 Å². The van der Waals surface area contributed by atoms with Crippen LogP contribution in [0.5, 0.6) is 5.75 Å². The third-order valence-electron chi connectivity index (χ3n) is 3.20. The van der Waals surface area contributed by atoms with Crippen LogP contribution in [0.3, 0.4) is 0 Å². The van der Waals surface area contributed by atoms with Crippen molar-refractivity contribution in [1.29, 1.82) is 0 Å². The normalized spacial score (nSPS) is 11.0. The first-order chi connectivity index (χ1) is 10.3. The first kappa shape index (κ1) is 17.9. The van der Waals surface area contributed by atoms with Gasteiger partial charge < -0.3 is 19.5 Å². The van der Waals surface area contributed by atoms with E-state index in [9.17, 15) is 0 Å². The topological polar surface area (TPSA) is 43.0 Å². The van der Waals surface area contributed by atoms with E-state index in [4.69, 9.17) is 14.2 Å². The van der Waals surface area contributed by atoms with Crippen molar-refractivity contribution in [3.8, 4) is 5.75 Å². The Labute approximate surface area is 128 Å². The predicted molar refractivity (Wildman–Crippen MR) is 84.9 cm³/mol. The molecule has 0 amide bonds. The second-order valence-electron chi connectivity index (χ2n) is 4.85. The van der Waals surface area contributed by atoms with Crippen LogP contribution in [0, 0.1) is 0 Å². The van der Waals surface area contributed by atoms with Gasteiger partial charge in [-0.3, -0.25) is 4.90 Å². The highest BCUT2D eigenvalue weighted by molar-refractivity contribution is 5.27. The lowest BCUT2D eigenvalue weighted by atomic mass is 10.2. The summed E-state index contributed by atoms with van der Waals surface area (Å²) in [5.41, 5.74) is 1.26. The summed E-state index contributed by atoms with van der Waals surface area (Å²) in [6, 6.07) is 8.20. The Hall–Kier alpha value is -1.14. The number of nitrogens with zero attached hydrogens (tertiary/aromatic N) is 1. The molecule has 0 atom stereocenters. The first-order valence-electron chi connectivity index (χ1n) is 7.36. The Morgan fingerprint density at radius 1 is 0.905 bits per heavy atom. The van der Waals surface area contributed by atoms with Crippen molar-refractivity contribution in [2.75, 3.05) is 60.7 Å². The molecule has 1 N–H and O–H groups in total. The highest BCUT2D eigenvalue weighted by atomic mass is 16.5. The van der Waals surface area contributed by atoms with E-state index in [0.29, 0.717) is 6.61 Å². The summed E-state index contributed by atoms with van der Waals surface area (Å²) < 4.78 is 16.0. The molecule has 1 aromatic carbocycles. The highest BCUT2D eigenvalue weighted by Gasteiger charge is 2.05. The summed E-state index contributed by atoms with van der Waals surface area (Å²) in [7, 11) is 5.38. The maximum absolute atomic E-state index is 5.79. The van der Waals surface area contributed by atoms with E-state index in [1.54, 1.807) is 14.2 Å². The van der Waals surface area contributed by atoms with Crippen molar-refractivity contribution < 1.29 is 14.2 Å². The van der Waals surface area contributed by atoms with E-state index in [2.05, 4.69) is 22.3 Å². The van der Waals surface area contributed by atoms with Crippen LogP contribution in [-0.2, 0) is 16.0 Å². The van der Waals surface area contributed by atoms with Crippen LogP contribution >= 0.6 is 0 Å². The Balaban J connectivity index is 2.30. The summed E-state index contributed by atoms with van der Waals surface area (Å²) in [6.45, 7) is 5.64. The van der Waals surface area contributed by atoms with Crippen molar-refractivity contribution in [1.82, 2.24) is 10.2 Å². The van der Waals surface area contributed by atoms with Crippen molar-refractivity contribution in [3.05, 3.63) is 29.8 Å². The zero-order valence-electron chi connectivity index (χ0n) is 13.4. The molecule has 0 bridgehead atoms. The third-order valence-corrected chi connectivity index (χ3v) is 3.20. The van der Waals surface area contributed by atoms with Gasteiger partial charge in [-0.15, -0.1) is 0 Å². The fourth-order valence-corrected chi connectivity index (χ4v) is 1.98. The van der Waals surface area contributed by atoms with Gasteiger partial charge in [-0.25, -0.2) is 0 Å². The molecule has 0 aromatic heterocycles. The summed E-state index contributed by atoms with van der Waals surface area (Å²) in [4.78, 5) is 2.28. The molecule has 1 rings (SSSR count). The lowest BCUT2D eigenvalue weighted by Gasteiger charge is -2.21. The molecular formula is C16H28N2O3. The van der Waals surface area contributed by atoms with Gasteiger partial charge >= 0.3 is 0 Å². The number of nitrogens with one attached hydrogen (secondary N) is 1. The SMILES string of the molecule is CNCc1ccc(OCCN(CCOC)CCOC)cc1. The molecule has 21 heavy (non-hydrogen) atoms. The zero-order valence-corrected chi connectivity index (χ0v) is 13.4. The highest BCUT2D eigenvalue weighted by Crippen LogP contribution is 2.12. The maximum Gasteiger partial charge on any atom is 0.119 e. The molecule has 0 fully saturated rings. The quantitative estimate of drug-likeness (QED) is 0.631. The average molecular weight is 296 g/mol. The number of ether oxygens (including phenoxy) is 3. The molecule has 5 heteroatoms. The van der Waals surface area contributed by atoms with Gasteiger partial charge in [0.15, 0.2) is 0 Å². The maximum atomic E-state index is 5.79. The molecule has 0 aliphatic rings. The number of rotatable bonds is 12. The molecule has 120 valence electrons. The van der Waals surface area contributed by atoms with Gasteiger partial charge in [0.05, 0.1) is 13.2 Å². The van der Waals surface area contributed by atoms with Gasteiger partial charge in [-0.05, 0) is 24.7 Å². The second-order valence-corrected chi connectivity index (χ2v) is 4.85. The molecule has 0 spiro atoms. The van der Waals surface area contributed by atoms with Crippen LogP contribution in [0.4, 0.5) is 0 Å². The molecule has 0 saturated heterocycles. The van der Waals surface area contributed by atoms with E-state index in [0.717, 1.165) is 45.1 Å².